The van der Waals surface area contributed by atoms with Crippen LogP contribution in [-0.2, 0) is 6.42 Å². The second kappa shape index (κ2) is 8.02. The van der Waals surface area contributed by atoms with Gasteiger partial charge in [0, 0.05) is 5.69 Å². The molecule has 0 saturated heterocycles. The number of nitrogens with one attached hydrogen (secondary N) is 1. The summed E-state index contributed by atoms with van der Waals surface area (Å²) in [6.45, 7) is 9.22. The van der Waals surface area contributed by atoms with E-state index in [1.165, 1.54) is 41.6 Å². The van der Waals surface area contributed by atoms with Crippen LogP contribution in [0.5, 0.6) is 5.75 Å². The molecule has 22 heavy (non-hydrogen) atoms. The summed E-state index contributed by atoms with van der Waals surface area (Å²) in [5, 5.41) is 7.30. The van der Waals surface area contributed by atoms with Gasteiger partial charge < -0.3 is 4.74 Å². The quantitative estimate of drug-likeness (QED) is 0.709. The Morgan fingerprint density at radius 2 is 1.59 bits per heavy atom. The van der Waals surface area contributed by atoms with Crippen LogP contribution in [0.25, 0.3) is 0 Å². The maximum Gasteiger partial charge on any atom is 0.119 e. The standard InChI is InChI=1S/C19H28N2O/c1-14-11-15(2)13-18(12-14)22-10-8-6-5-7-9-19-16(3)20-21-17(19)4/h11-13H,5-10H2,1-4H3,(H,20,21). The minimum atomic E-state index is 0.812. The van der Waals surface area contributed by atoms with Crippen LogP contribution < -0.4 is 4.74 Å². The highest BCUT2D eigenvalue weighted by Gasteiger charge is 2.05. The minimum Gasteiger partial charge on any atom is -0.494 e. The van der Waals surface area contributed by atoms with Crippen molar-refractivity contribution in [3.63, 3.8) is 0 Å². The first-order valence-corrected chi connectivity index (χ1v) is 8.28. The van der Waals surface area contributed by atoms with E-state index in [2.05, 4.69) is 56.1 Å². The van der Waals surface area contributed by atoms with Gasteiger partial charge >= 0.3 is 0 Å². The third kappa shape index (κ3) is 4.90. The monoisotopic (exact) mass is 300 g/mol. The Balaban J connectivity index is 1.60. The van der Waals surface area contributed by atoms with Crippen molar-refractivity contribution in [3.05, 3.63) is 46.3 Å². The number of benzene rings is 1. The molecule has 0 fully saturated rings. The number of hydrogen-bond acceptors (Lipinski definition) is 2. The van der Waals surface area contributed by atoms with Gasteiger partial charge in [-0.05, 0) is 75.8 Å². The maximum absolute atomic E-state index is 5.84. The van der Waals surface area contributed by atoms with E-state index in [4.69, 9.17) is 4.74 Å². The van der Waals surface area contributed by atoms with Crippen LogP contribution in [0.2, 0.25) is 0 Å². The lowest BCUT2D eigenvalue weighted by atomic mass is 10.0. The average Bonchev–Trinajstić information content (AvgIpc) is 2.76. The normalized spacial score (nSPS) is 10.9. The summed E-state index contributed by atoms with van der Waals surface area (Å²) >= 11 is 0. The third-order valence-electron chi connectivity index (χ3n) is 4.07. The van der Waals surface area contributed by atoms with Gasteiger partial charge in [-0.2, -0.15) is 5.10 Å². The fourth-order valence-corrected chi connectivity index (χ4v) is 2.91. The summed E-state index contributed by atoms with van der Waals surface area (Å²) in [7, 11) is 0. The van der Waals surface area contributed by atoms with Gasteiger partial charge in [-0.1, -0.05) is 18.9 Å². The molecule has 0 spiro atoms. The lowest BCUT2D eigenvalue weighted by molar-refractivity contribution is 0.304. The van der Waals surface area contributed by atoms with Crippen molar-refractivity contribution in [1.82, 2.24) is 10.2 Å². The maximum atomic E-state index is 5.84. The Labute approximate surface area is 134 Å². The second-order valence-electron chi connectivity index (χ2n) is 6.25. The Morgan fingerprint density at radius 3 is 2.23 bits per heavy atom. The zero-order valence-electron chi connectivity index (χ0n) is 14.3. The first-order valence-electron chi connectivity index (χ1n) is 8.28. The predicted octanol–water partition coefficient (Wildman–Crippen LogP) is 4.83. The molecule has 0 bridgehead atoms. The van der Waals surface area contributed by atoms with E-state index in [9.17, 15) is 0 Å². The molecule has 2 rings (SSSR count). The number of aromatic nitrogens is 2. The highest BCUT2D eigenvalue weighted by molar-refractivity contribution is 5.32. The molecule has 1 N–H and O–H groups in total. The van der Waals surface area contributed by atoms with Crippen molar-refractivity contribution in [2.75, 3.05) is 6.61 Å². The van der Waals surface area contributed by atoms with Crippen molar-refractivity contribution in [2.45, 2.75) is 59.8 Å². The van der Waals surface area contributed by atoms with Gasteiger partial charge in [-0.3, -0.25) is 5.10 Å². The molecule has 1 aromatic carbocycles. The van der Waals surface area contributed by atoms with Crippen LogP contribution in [0.1, 0.15) is 53.8 Å². The lowest BCUT2D eigenvalue weighted by Crippen LogP contribution is -1.98. The Hall–Kier alpha value is -1.77. The Kier molecular flexibility index (Phi) is 6.05. The van der Waals surface area contributed by atoms with Crippen molar-refractivity contribution in [1.29, 1.82) is 0 Å². The summed E-state index contributed by atoms with van der Waals surface area (Å²) in [6.07, 6.45) is 5.95. The van der Waals surface area contributed by atoms with E-state index in [0.29, 0.717) is 0 Å². The van der Waals surface area contributed by atoms with Gasteiger partial charge in [-0.25, -0.2) is 0 Å². The molecule has 0 aliphatic heterocycles. The summed E-state index contributed by atoms with van der Waals surface area (Å²) in [5.41, 5.74) is 6.29. The molecular formula is C19H28N2O. The molecule has 0 radical (unpaired) electrons. The average molecular weight is 300 g/mol. The van der Waals surface area contributed by atoms with Crippen molar-refractivity contribution in [2.24, 2.45) is 0 Å². The number of aryl methyl sites for hydroxylation is 4. The zero-order valence-corrected chi connectivity index (χ0v) is 14.3. The number of nitrogens with zero attached hydrogens (tertiary/aromatic N) is 1. The molecule has 0 amide bonds. The Bertz CT molecular complexity index is 562. The SMILES string of the molecule is Cc1cc(C)cc(OCCCCCCc2c(C)n[nH]c2C)c1. The highest BCUT2D eigenvalue weighted by atomic mass is 16.5. The molecular weight excluding hydrogens is 272 g/mol. The summed E-state index contributed by atoms with van der Waals surface area (Å²) in [4.78, 5) is 0. The number of ether oxygens (including phenoxy) is 1. The van der Waals surface area contributed by atoms with Crippen LogP contribution in [-0.4, -0.2) is 16.8 Å². The number of hydrogen-bond donors (Lipinski definition) is 1. The van der Waals surface area contributed by atoms with E-state index in [1.807, 2.05) is 0 Å². The van der Waals surface area contributed by atoms with Crippen molar-refractivity contribution in [3.8, 4) is 5.75 Å². The molecule has 0 atom stereocenters. The fraction of sp³-hybridized carbons (Fsp3) is 0.526. The molecule has 0 saturated carbocycles. The van der Waals surface area contributed by atoms with Crippen molar-refractivity contribution >= 4 is 0 Å². The first kappa shape index (κ1) is 16.6. The van der Waals surface area contributed by atoms with E-state index in [-0.39, 0.29) is 0 Å². The van der Waals surface area contributed by atoms with Gasteiger partial charge in [-0.15, -0.1) is 0 Å². The van der Waals surface area contributed by atoms with Crippen LogP contribution in [0.3, 0.4) is 0 Å². The molecule has 2 aromatic rings. The van der Waals surface area contributed by atoms with Gasteiger partial charge in [0.2, 0.25) is 0 Å². The van der Waals surface area contributed by atoms with E-state index < -0.39 is 0 Å². The smallest absolute Gasteiger partial charge is 0.119 e. The molecule has 3 heteroatoms. The molecule has 1 aromatic heterocycles. The second-order valence-corrected chi connectivity index (χ2v) is 6.25. The zero-order chi connectivity index (χ0) is 15.9. The van der Waals surface area contributed by atoms with Gasteiger partial charge in [0.15, 0.2) is 0 Å². The van der Waals surface area contributed by atoms with Gasteiger partial charge in [0.25, 0.3) is 0 Å². The summed E-state index contributed by atoms with van der Waals surface area (Å²) in [6, 6.07) is 6.39. The summed E-state index contributed by atoms with van der Waals surface area (Å²) in [5.74, 6) is 1.00. The van der Waals surface area contributed by atoms with Crippen LogP contribution >= 0.6 is 0 Å². The number of unbranched alkanes of at least 4 members (excludes halogenated alkanes) is 3. The molecule has 0 unspecified atom stereocenters. The third-order valence-corrected chi connectivity index (χ3v) is 4.07. The lowest BCUT2D eigenvalue weighted by Gasteiger charge is -2.08. The minimum absolute atomic E-state index is 0.812. The van der Waals surface area contributed by atoms with Crippen molar-refractivity contribution < 1.29 is 4.74 Å². The van der Waals surface area contributed by atoms with E-state index in [1.54, 1.807) is 0 Å². The van der Waals surface area contributed by atoms with E-state index >= 15 is 0 Å². The number of aromatic amines is 1. The largest absolute Gasteiger partial charge is 0.494 e. The molecule has 120 valence electrons. The van der Waals surface area contributed by atoms with Gasteiger partial charge in [0.05, 0.1) is 12.3 Å². The first-order chi connectivity index (χ1) is 10.6. The summed E-state index contributed by atoms with van der Waals surface area (Å²) < 4.78 is 5.84. The molecule has 1 heterocycles. The fourth-order valence-electron chi connectivity index (χ4n) is 2.91. The number of H-pyrrole nitrogens is 1. The van der Waals surface area contributed by atoms with Crippen LogP contribution in [0.4, 0.5) is 0 Å². The Morgan fingerprint density at radius 1 is 0.909 bits per heavy atom. The van der Waals surface area contributed by atoms with Gasteiger partial charge in [0.1, 0.15) is 5.75 Å². The topological polar surface area (TPSA) is 37.9 Å². The van der Waals surface area contributed by atoms with Crippen LogP contribution in [0.15, 0.2) is 18.2 Å². The molecule has 3 nitrogen and oxygen atoms in total. The highest BCUT2D eigenvalue weighted by Crippen LogP contribution is 2.17. The van der Waals surface area contributed by atoms with E-state index in [0.717, 1.165) is 30.9 Å². The number of rotatable bonds is 8. The molecule has 0 aliphatic carbocycles. The molecule has 0 aliphatic rings. The predicted molar refractivity (Wildman–Crippen MR) is 91.6 cm³/mol. The van der Waals surface area contributed by atoms with Crippen LogP contribution in [0, 0.1) is 27.7 Å².